The molecule has 1 unspecified atom stereocenters. The minimum Gasteiger partial charge on any atom is -0.481 e. The van der Waals surface area contributed by atoms with Gasteiger partial charge in [-0.05, 0) is 93.0 Å². The fourth-order valence-electron chi connectivity index (χ4n) is 4.36. The van der Waals surface area contributed by atoms with E-state index in [1.54, 1.807) is 0 Å². The molecule has 0 radical (unpaired) electrons. The van der Waals surface area contributed by atoms with Crippen LogP contribution in [-0.2, 0) is 17.6 Å². The molecule has 1 saturated carbocycles. The number of carboxylic acid groups (broad SMARTS) is 1. The molecular weight excluding hydrogens is 364 g/mol. The second-order valence-corrected chi connectivity index (χ2v) is 7.95. The van der Waals surface area contributed by atoms with E-state index in [9.17, 15) is 9.59 Å². The quantitative estimate of drug-likeness (QED) is 0.690. The van der Waals surface area contributed by atoms with Gasteiger partial charge in [-0.3, -0.25) is 9.59 Å². The number of carbonyl (C=O) groups is 2. The van der Waals surface area contributed by atoms with Crippen molar-refractivity contribution >= 4 is 24.3 Å². The average molecular weight is 395 g/mol. The zero-order valence-corrected chi connectivity index (χ0v) is 16.6. The summed E-state index contributed by atoms with van der Waals surface area (Å²) in [6.07, 6.45) is 8.03. The van der Waals surface area contributed by atoms with Crippen molar-refractivity contribution in [3.8, 4) is 0 Å². The summed E-state index contributed by atoms with van der Waals surface area (Å²) in [5.41, 5.74) is 9.17. The van der Waals surface area contributed by atoms with Gasteiger partial charge in [0.25, 0.3) is 5.91 Å². The Morgan fingerprint density at radius 1 is 1.07 bits per heavy atom. The van der Waals surface area contributed by atoms with E-state index in [1.165, 1.54) is 11.1 Å². The summed E-state index contributed by atoms with van der Waals surface area (Å²) < 4.78 is 0. The highest BCUT2D eigenvalue weighted by Crippen LogP contribution is 2.29. The molecule has 1 fully saturated rings. The molecule has 5 nitrogen and oxygen atoms in total. The molecular formula is C21H31ClN2O3. The SMILES string of the molecule is Cl.NCC1CCc2cc(C(=O)NC3CCC(CCC(=O)O)CC3)ccc2C1. The van der Waals surface area contributed by atoms with Crippen molar-refractivity contribution in [2.45, 2.75) is 63.8 Å². The number of nitrogens with one attached hydrogen (secondary N) is 1. The molecule has 6 heteroatoms. The maximum Gasteiger partial charge on any atom is 0.303 e. The van der Waals surface area contributed by atoms with E-state index in [-0.39, 0.29) is 30.8 Å². The fourth-order valence-corrected chi connectivity index (χ4v) is 4.36. The Morgan fingerprint density at radius 3 is 2.48 bits per heavy atom. The van der Waals surface area contributed by atoms with Crippen LogP contribution in [0.15, 0.2) is 18.2 Å². The summed E-state index contributed by atoms with van der Waals surface area (Å²) in [6, 6.07) is 6.29. The normalized spacial score (nSPS) is 24.4. The maximum absolute atomic E-state index is 12.6. The molecule has 1 aromatic rings. The van der Waals surface area contributed by atoms with Crippen molar-refractivity contribution in [1.82, 2.24) is 5.32 Å². The van der Waals surface area contributed by atoms with Crippen LogP contribution in [0.1, 0.15) is 66.4 Å². The van der Waals surface area contributed by atoms with E-state index in [2.05, 4.69) is 17.4 Å². The zero-order valence-electron chi connectivity index (χ0n) is 15.8. The molecule has 0 saturated heterocycles. The van der Waals surface area contributed by atoms with Gasteiger partial charge in [0.05, 0.1) is 0 Å². The molecule has 4 N–H and O–H groups in total. The zero-order chi connectivity index (χ0) is 18.5. The van der Waals surface area contributed by atoms with Gasteiger partial charge in [0.15, 0.2) is 0 Å². The van der Waals surface area contributed by atoms with Gasteiger partial charge in [-0.15, -0.1) is 12.4 Å². The number of aliphatic carboxylic acids is 1. The van der Waals surface area contributed by atoms with Crippen LogP contribution in [0, 0.1) is 11.8 Å². The van der Waals surface area contributed by atoms with Crippen LogP contribution in [0.4, 0.5) is 0 Å². The van der Waals surface area contributed by atoms with E-state index in [1.807, 2.05) is 6.07 Å². The molecule has 0 aliphatic heterocycles. The predicted octanol–water partition coefficient (Wildman–Crippen LogP) is 3.33. The van der Waals surface area contributed by atoms with Crippen LogP contribution >= 0.6 is 12.4 Å². The summed E-state index contributed by atoms with van der Waals surface area (Å²) in [5.74, 6) is 0.352. The average Bonchev–Trinajstić information content (AvgIpc) is 2.66. The first-order chi connectivity index (χ1) is 12.5. The smallest absolute Gasteiger partial charge is 0.303 e. The number of aryl methyl sites for hydroxylation is 1. The molecule has 2 aliphatic rings. The Labute approximate surface area is 167 Å². The lowest BCUT2D eigenvalue weighted by molar-refractivity contribution is -0.137. The van der Waals surface area contributed by atoms with Crippen molar-refractivity contribution < 1.29 is 14.7 Å². The Morgan fingerprint density at radius 2 is 1.81 bits per heavy atom. The third-order valence-electron chi connectivity index (χ3n) is 6.08. The molecule has 1 amide bonds. The Bertz CT molecular complexity index is 657. The maximum atomic E-state index is 12.6. The number of fused-ring (bicyclic) bond motifs is 1. The van der Waals surface area contributed by atoms with Gasteiger partial charge in [-0.25, -0.2) is 0 Å². The number of carbonyl (C=O) groups excluding carboxylic acids is 1. The number of nitrogens with two attached hydrogens (primary N) is 1. The van der Waals surface area contributed by atoms with Crippen molar-refractivity contribution in [2.24, 2.45) is 17.6 Å². The van der Waals surface area contributed by atoms with Gasteiger partial charge in [-0.1, -0.05) is 6.07 Å². The van der Waals surface area contributed by atoms with Crippen molar-refractivity contribution in [3.63, 3.8) is 0 Å². The minimum absolute atomic E-state index is 0. The number of halogens is 1. The molecule has 1 atom stereocenters. The monoisotopic (exact) mass is 394 g/mol. The van der Waals surface area contributed by atoms with Crippen LogP contribution in [0.5, 0.6) is 0 Å². The molecule has 0 bridgehead atoms. The number of carboxylic acids is 1. The van der Waals surface area contributed by atoms with Crippen LogP contribution in [0.25, 0.3) is 0 Å². The molecule has 3 rings (SSSR count). The van der Waals surface area contributed by atoms with Crippen molar-refractivity contribution in [2.75, 3.05) is 6.54 Å². The molecule has 150 valence electrons. The van der Waals surface area contributed by atoms with E-state index in [0.29, 0.717) is 11.8 Å². The Kier molecular flexibility index (Phi) is 8.11. The first-order valence-corrected chi connectivity index (χ1v) is 9.89. The Balaban J connectivity index is 0.00000261. The van der Waals surface area contributed by atoms with Gasteiger partial charge >= 0.3 is 5.97 Å². The van der Waals surface area contributed by atoms with Crippen LogP contribution in [-0.4, -0.2) is 29.6 Å². The van der Waals surface area contributed by atoms with Crippen molar-refractivity contribution in [3.05, 3.63) is 34.9 Å². The topological polar surface area (TPSA) is 92.4 Å². The number of amides is 1. The molecule has 1 aromatic carbocycles. The van der Waals surface area contributed by atoms with Crippen LogP contribution < -0.4 is 11.1 Å². The van der Waals surface area contributed by atoms with Gasteiger partial charge in [0, 0.05) is 18.0 Å². The van der Waals surface area contributed by atoms with Gasteiger partial charge < -0.3 is 16.2 Å². The van der Waals surface area contributed by atoms with Gasteiger partial charge in [-0.2, -0.15) is 0 Å². The third-order valence-corrected chi connectivity index (χ3v) is 6.08. The lowest BCUT2D eigenvalue weighted by Crippen LogP contribution is -2.37. The minimum atomic E-state index is -0.717. The summed E-state index contributed by atoms with van der Waals surface area (Å²) in [6.45, 7) is 0.733. The van der Waals surface area contributed by atoms with Gasteiger partial charge in [0.2, 0.25) is 0 Å². The lowest BCUT2D eigenvalue weighted by atomic mass is 9.82. The summed E-state index contributed by atoms with van der Waals surface area (Å²) >= 11 is 0. The Hall–Kier alpha value is -1.59. The molecule has 2 aliphatic carbocycles. The highest BCUT2D eigenvalue weighted by Gasteiger charge is 2.24. The summed E-state index contributed by atoms with van der Waals surface area (Å²) in [5, 5.41) is 12.0. The van der Waals surface area contributed by atoms with Crippen LogP contribution in [0.3, 0.4) is 0 Å². The first-order valence-electron chi connectivity index (χ1n) is 9.89. The number of benzene rings is 1. The van der Waals surface area contributed by atoms with E-state index >= 15 is 0 Å². The number of rotatable bonds is 6. The summed E-state index contributed by atoms with van der Waals surface area (Å²) in [4.78, 5) is 23.3. The third kappa shape index (κ3) is 5.94. The summed E-state index contributed by atoms with van der Waals surface area (Å²) in [7, 11) is 0. The largest absolute Gasteiger partial charge is 0.481 e. The standard InChI is InChI=1S/C21H30N2O3.ClH/c22-13-15-1-5-17-12-18(7-6-16(17)11-15)21(26)23-19-8-2-14(3-9-19)4-10-20(24)25;/h6-7,12,14-15,19H,1-5,8-11,13,22H2,(H,23,26)(H,24,25);1H. The lowest BCUT2D eigenvalue weighted by Gasteiger charge is -2.29. The van der Waals surface area contributed by atoms with E-state index in [0.717, 1.165) is 63.5 Å². The molecule has 27 heavy (non-hydrogen) atoms. The second kappa shape index (κ2) is 10.1. The van der Waals surface area contributed by atoms with Gasteiger partial charge in [0.1, 0.15) is 0 Å². The number of hydrogen-bond acceptors (Lipinski definition) is 3. The first kappa shape index (κ1) is 21.7. The fraction of sp³-hybridized carbons (Fsp3) is 0.619. The number of hydrogen-bond donors (Lipinski definition) is 3. The molecule has 0 heterocycles. The molecule has 0 spiro atoms. The highest BCUT2D eigenvalue weighted by atomic mass is 35.5. The highest BCUT2D eigenvalue weighted by molar-refractivity contribution is 5.94. The second-order valence-electron chi connectivity index (χ2n) is 7.95. The predicted molar refractivity (Wildman–Crippen MR) is 108 cm³/mol. The van der Waals surface area contributed by atoms with E-state index < -0.39 is 5.97 Å². The van der Waals surface area contributed by atoms with Crippen molar-refractivity contribution in [1.29, 1.82) is 0 Å². The molecule has 0 aromatic heterocycles. The van der Waals surface area contributed by atoms with Crippen LogP contribution in [0.2, 0.25) is 0 Å². The van der Waals surface area contributed by atoms with E-state index in [4.69, 9.17) is 10.8 Å².